The van der Waals surface area contributed by atoms with Crippen molar-refractivity contribution in [3.63, 3.8) is 0 Å². The Bertz CT molecular complexity index is 1290. The Balaban J connectivity index is 0.618. The van der Waals surface area contributed by atoms with Crippen LogP contribution in [0.5, 0.6) is 0 Å². The van der Waals surface area contributed by atoms with Gasteiger partial charge in [0.1, 0.15) is 0 Å². The molecule has 32 atom stereocenters. The molecule has 0 heterocycles. The number of hydrogen-bond acceptors (Lipinski definition) is 0. The molecule has 40 heavy (non-hydrogen) atoms. The predicted molar refractivity (Wildman–Crippen MR) is 144 cm³/mol. The maximum absolute atomic E-state index is 1.66. The summed E-state index contributed by atoms with van der Waals surface area (Å²) in [7, 11) is 0. The van der Waals surface area contributed by atoms with E-state index in [1.807, 2.05) is 0 Å². The van der Waals surface area contributed by atoms with Crippen molar-refractivity contribution in [2.24, 2.45) is 213 Å². The van der Waals surface area contributed by atoms with Gasteiger partial charge in [0, 0.05) is 0 Å². The maximum atomic E-state index is 1.66. The molecule has 19 saturated carbocycles. The van der Waals surface area contributed by atoms with Crippen LogP contribution in [-0.2, 0) is 0 Å². The third kappa shape index (κ3) is 1.09. The standard InChI is InChI=1S/C40H44/c1-2-6-5(1)9-10(6)14-13(9)17-18(14)22-21(17)25-26(22)30-29(25)33-34(30)38-37(33)39-35-31-27-23-19-15-11-7-3-4-8(7)12(11)16(15)20(19)24(23)28(27)32(31)36(35)40(38)39/h5-40H,1-4H2. The zero-order valence-electron chi connectivity index (χ0n) is 23.6. The van der Waals surface area contributed by atoms with Gasteiger partial charge in [-0.15, -0.1) is 0 Å². The molecule has 0 saturated heterocycles. The van der Waals surface area contributed by atoms with Crippen LogP contribution in [0.15, 0.2) is 0 Å². The molecular formula is C40H44. The van der Waals surface area contributed by atoms with E-state index in [0.717, 1.165) is 0 Å². The molecule has 204 valence electrons. The minimum atomic E-state index is 1.27. The third-order valence-electron chi connectivity index (χ3n) is 25.2. The molecule has 0 aliphatic heterocycles. The van der Waals surface area contributed by atoms with E-state index >= 15 is 0 Å². The van der Waals surface area contributed by atoms with Crippen molar-refractivity contribution in [3.8, 4) is 0 Å². The van der Waals surface area contributed by atoms with Crippen molar-refractivity contribution < 1.29 is 0 Å². The van der Waals surface area contributed by atoms with Crippen LogP contribution in [-0.4, -0.2) is 0 Å². The molecule has 0 aromatic rings. The Kier molecular flexibility index (Phi) is 2.03. The highest BCUT2D eigenvalue weighted by atomic mass is 15.0. The lowest BCUT2D eigenvalue weighted by atomic mass is 9.04. The zero-order chi connectivity index (χ0) is 23.6. The van der Waals surface area contributed by atoms with Crippen LogP contribution in [0.25, 0.3) is 0 Å². The predicted octanol–water partition coefficient (Wildman–Crippen LogP) is 5.99. The highest BCUT2D eigenvalue weighted by Gasteiger charge is 2.98. The lowest BCUT2D eigenvalue weighted by Gasteiger charge is -3.01. The van der Waals surface area contributed by atoms with Gasteiger partial charge < -0.3 is 0 Å². The van der Waals surface area contributed by atoms with Crippen molar-refractivity contribution in [1.82, 2.24) is 0 Å². The van der Waals surface area contributed by atoms with Crippen LogP contribution in [0, 0.1) is 213 Å². The summed E-state index contributed by atoms with van der Waals surface area (Å²) in [4.78, 5) is 0. The molecule has 19 aliphatic carbocycles. The smallest absolute Gasteiger partial charge is 0.0312 e. The molecule has 0 spiro atoms. The van der Waals surface area contributed by atoms with Crippen molar-refractivity contribution in [2.45, 2.75) is 25.7 Å². The highest BCUT2D eigenvalue weighted by Crippen LogP contribution is 3.01. The van der Waals surface area contributed by atoms with Crippen molar-refractivity contribution >= 4 is 0 Å². The second kappa shape index (κ2) is 4.49. The summed E-state index contributed by atoms with van der Waals surface area (Å²) < 4.78 is 0. The number of rotatable bonds is 0. The second-order valence-electron chi connectivity index (χ2n) is 22.3. The van der Waals surface area contributed by atoms with Gasteiger partial charge in [-0.1, -0.05) is 0 Å². The molecule has 19 aliphatic rings. The third-order valence-corrected chi connectivity index (χ3v) is 25.2. The topological polar surface area (TPSA) is 0 Å². The van der Waals surface area contributed by atoms with Crippen LogP contribution >= 0.6 is 0 Å². The van der Waals surface area contributed by atoms with Crippen LogP contribution < -0.4 is 0 Å². The van der Waals surface area contributed by atoms with Gasteiger partial charge in [0.05, 0.1) is 0 Å². The van der Waals surface area contributed by atoms with Gasteiger partial charge in [-0.25, -0.2) is 0 Å². The Morgan fingerprint density at radius 2 is 0.225 bits per heavy atom. The molecule has 0 nitrogen and oxygen atoms in total. The van der Waals surface area contributed by atoms with Gasteiger partial charge in [0.25, 0.3) is 0 Å². The monoisotopic (exact) mass is 524 g/mol. The van der Waals surface area contributed by atoms with Crippen molar-refractivity contribution in [2.75, 3.05) is 0 Å². The highest BCUT2D eigenvalue weighted by molar-refractivity contribution is 5.44. The normalized spacial score (nSPS) is 99.6. The first-order valence-electron chi connectivity index (χ1n) is 20.0. The summed E-state index contributed by atoms with van der Waals surface area (Å²) in [5.74, 6) is 47.4. The summed E-state index contributed by atoms with van der Waals surface area (Å²) in [5.41, 5.74) is 0. The lowest BCUT2D eigenvalue weighted by Crippen LogP contribution is -2.98. The Labute approximate surface area is 238 Å². The molecule has 0 radical (unpaired) electrons. The molecule has 32 unspecified atom stereocenters. The molecule has 0 heteroatoms. The summed E-state index contributed by atoms with van der Waals surface area (Å²) in [5, 5.41) is 0. The second-order valence-corrected chi connectivity index (χ2v) is 22.3. The summed E-state index contributed by atoms with van der Waals surface area (Å²) in [6.45, 7) is 0. The fourth-order valence-corrected chi connectivity index (χ4v) is 25.4. The Hall–Kier alpha value is 0. The molecule has 0 N–H and O–H groups in total. The minimum absolute atomic E-state index is 1.27. The summed E-state index contributed by atoms with van der Waals surface area (Å²) >= 11 is 0. The quantitative estimate of drug-likeness (QED) is 0.342. The van der Waals surface area contributed by atoms with E-state index in [1.165, 1.54) is 213 Å². The van der Waals surface area contributed by atoms with E-state index in [1.54, 1.807) is 25.7 Å². The number of fused-ring (bicyclic) bond motifs is 52. The SMILES string of the molecule is C1CC2C1C1C2C2C1C1C2C2C1C1C2C2C1C1C2C2C1C1C3C4C5C6C7C8C9C%10CCC%10C9C8C7C6C5C4C3C21. The van der Waals surface area contributed by atoms with Crippen LogP contribution in [0.3, 0.4) is 0 Å². The first-order valence-corrected chi connectivity index (χ1v) is 20.0. The van der Waals surface area contributed by atoms with Crippen molar-refractivity contribution in [1.29, 1.82) is 0 Å². The molecule has 0 aromatic carbocycles. The average Bonchev–Trinajstić information content (AvgIpc) is 2.86. The van der Waals surface area contributed by atoms with Gasteiger partial charge in [0.15, 0.2) is 0 Å². The zero-order valence-corrected chi connectivity index (χ0v) is 23.6. The van der Waals surface area contributed by atoms with E-state index in [2.05, 4.69) is 0 Å². The van der Waals surface area contributed by atoms with E-state index in [9.17, 15) is 0 Å². The van der Waals surface area contributed by atoms with Gasteiger partial charge in [0.2, 0.25) is 0 Å². The largest absolute Gasteiger partial charge is 0.0496 e. The fourth-order valence-electron chi connectivity index (χ4n) is 25.4. The van der Waals surface area contributed by atoms with Gasteiger partial charge in [-0.2, -0.15) is 0 Å². The molecular weight excluding hydrogens is 480 g/mol. The van der Waals surface area contributed by atoms with Gasteiger partial charge in [-0.3, -0.25) is 0 Å². The van der Waals surface area contributed by atoms with E-state index in [0.29, 0.717) is 0 Å². The number of hydrogen-bond donors (Lipinski definition) is 0. The fraction of sp³-hybridized carbons (Fsp3) is 1.00. The Morgan fingerprint density at radius 1 is 0.125 bits per heavy atom. The lowest BCUT2D eigenvalue weighted by molar-refractivity contribution is -0.542. The summed E-state index contributed by atoms with van der Waals surface area (Å²) in [6, 6.07) is 0. The van der Waals surface area contributed by atoms with Gasteiger partial charge >= 0.3 is 0 Å². The summed E-state index contributed by atoms with van der Waals surface area (Å²) in [6.07, 6.45) is 6.63. The molecule has 19 rings (SSSR count). The average molecular weight is 525 g/mol. The first kappa shape index (κ1) is 18.1. The maximum Gasteiger partial charge on any atom is -0.0312 e. The molecule has 0 amide bonds. The molecule has 19 fully saturated rings. The molecule has 0 bridgehead atoms. The van der Waals surface area contributed by atoms with Crippen molar-refractivity contribution in [3.05, 3.63) is 0 Å². The van der Waals surface area contributed by atoms with Crippen LogP contribution in [0.1, 0.15) is 25.7 Å². The van der Waals surface area contributed by atoms with E-state index in [-0.39, 0.29) is 0 Å². The van der Waals surface area contributed by atoms with E-state index < -0.39 is 0 Å². The van der Waals surface area contributed by atoms with E-state index in [4.69, 9.17) is 0 Å². The first-order chi connectivity index (χ1) is 20.0. The minimum Gasteiger partial charge on any atom is -0.0496 e. The van der Waals surface area contributed by atoms with Gasteiger partial charge in [-0.05, 0) is 239 Å². The molecule has 0 aromatic heterocycles. The Morgan fingerprint density at radius 3 is 0.325 bits per heavy atom. The van der Waals surface area contributed by atoms with Crippen LogP contribution in [0.2, 0.25) is 0 Å². The van der Waals surface area contributed by atoms with Crippen LogP contribution in [0.4, 0.5) is 0 Å².